The van der Waals surface area contributed by atoms with E-state index >= 15 is 0 Å². The molecule has 17 heavy (non-hydrogen) atoms. The van der Waals surface area contributed by atoms with Crippen LogP contribution in [-0.4, -0.2) is 21.7 Å². The Morgan fingerprint density at radius 1 is 1.59 bits per heavy atom. The summed E-state index contributed by atoms with van der Waals surface area (Å²) in [5.41, 5.74) is 6.42. The molecule has 0 saturated heterocycles. The molecule has 2 heterocycles. The molecule has 88 valence electrons. The average molecular weight is 264 g/mol. The van der Waals surface area contributed by atoms with Crippen molar-refractivity contribution in [3.8, 4) is 11.8 Å². The van der Waals surface area contributed by atoms with Crippen molar-refractivity contribution in [3.63, 3.8) is 0 Å². The number of nitrogens with one attached hydrogen (secondary N) is 1. The van der Waals surface area contributed by atoms with Crippen LogP contribution in [0, 0.1) is 18.8 Å². The highest BCUT2D eigenvalue weighted by Gasteiger charge is 2.05. The summed E-state index contributed by atoms with van der Waals surface area (Å²) in [6, 6.07) is 2.02. The van der Waals surface area contributed by atoms with Crippen molar-refractivity contribution >= 4 is 23.1 Å². The highest BCUT2D eigenvalue weighted by molar-refractivity contribution is 7.98. The highest BCUT2D eigenvalue weighted by atomic mass is 32.2. The van der Waals surface area contributed by atoms with Crippen LogP contribution in [0.3, 0.4) is 0 Å². The van der Waals surface area contributed by atoms with Crippen molar-refractivity contribution < 1.29 is 0 Å². The first-order chi connectivity index (χ1) is 8.29. The van der Waals surface area contributed by atoms with Crippen molar-refractivity contribution in [2.75, 3.05) is 6.54 Å². The monoisotopic (exact) mass is 264 g/mol. The lowest BCUT2D eigenvalue weighted by Gasteiger charge is -1.95. The van der Waals surface area contributed by atoms with Gasteiger partial charge in [0.2, 0.25) is 5.16 Å². The molecule has 0 radical (unpaired) electrons. The van der Waals surface area contributed by atoms with Gasteiger partial charge in [0.15, 0.2) is 0 Å². The van der Waals surface area contributed by atoms with E-state index in [0.717, 1.165) is 22.3 Å². The summed E-state index contributed by atoms with van der Waals surface area (Å²) in [5.74, 6) is 7.61. The molecule has 3 N–H and O–H groups in total. The molecule has 0 aromatic carbocycles. The fourth-order valence-corrected chi connectivity index (χ4v) is 3.02. The van der Waals surface area contributed by atoms with Crippen molar-refractivity contribution in [3.05, 3.63) is 27.7 Å². The average Bonchev–Trinajstić information content (AvgIpc) is 2.92. The van der Waals surface area contributed by atoms with Crippen LogP contribution in [0.1, 0.15) is 16.3 Å². The molecule has 0 fully saturated rings. The van der Waals surface area contributed by atoms with Gasteiger partial charge in [0.1, 0.15) is 5.82 Å². The summed E-state index contributed by atoms with van der Waals surface area (Å²) in [7, 11) is 0. The third kappa shape index (κ3) is 3.33. The minimum Gasteiger partial charge on any atom is -0.320 e. The molecular formula is C11H12N4S2. The predicted octanol–water partition coefficient (Wildman–Crippen LogP) is 1.78. The molecule has 0 aliphatic carbocycles. The summed E-state index contributed by atoms with van der Waals surface area (Å²) >= 11 is 3.30. The number of nitrogens with zero attached hydrogens (tertiary/aromatic N) is 2. The third-order valence-corrected chi connectivity index (χ3v) is 3.96. The van der Waals surface area contributed by atoms with E-state index in [4.69, 9.17) is 5.73 Å². The number of hydrogen-bond acceptors (Lipinski definition) is 5. The van der Waals surface area contributed by atoms with Gasteiger partial charge in [-0.25, -0.2) is 4.98 Å². The molecule has 0 aliphatic rings. The Kier molecular flexibility index (Phi) is 4.20. The Labute approximate surface area is 108 Å². The maximum atomic E-state index is 5.36. The second kappa shape index (κ2) is 5.87. The van der Waals surface area contributed by atoms with Crippen molar-refractivity contribution in [1.29, 1.82) is 0 Å². The van der Waals surface area contributed by atoms with Gasteiger partial charge in [-0.05, 0) is 18.4 Å². The lowest BCUT2D eigenvalue weighted by atomic mass is 10.3. The molecule has 0 atom stereocenters. The summed E-state index contributed by atoms with van der Waals surface area (Å²) < 4.78 is 0. The quantitative estimate of drug-likeness (QED) is 0.655. The molecule has 2 rings (SSSR count). The summed E-state index contributed by atoms with van der Waals surface area (Å²) in [6.45, 7) is 2.28. The smallest absolute Gasteiger partial charge is 0.208 e. The minimum absolute atomic E-state index is 0.391. The maximum absolute atomic E-state index is 5.36. The van der Waals surface area contributed by atoms with Gasteiger partial charge in [-0.1, -0.05) is 23.6 Å². The van der Waals surface area contributed by atoms with Gasteiger partial charge < -0.3 is 5.73 Å². The topological polar surface area (TPSA) is 67.6 Å². The molecular weight excluding hydrogens is 252 g/mol. The van der Waals surface area contributed by atoms with Crippen molar-refractivity contribution in [2.45, 2.75) is 17.8 Å². The second-order valence-corrected chi connectivity index (χ2v) is 5.20. The van der Waals surface area contributed by atoms with Gasteiger partial charge in [0.25, 0.3) is 0 Å². The largest absolute Gasteiger partial charge is 0.320 e. The zero-order valence-electron chi connectivity index (χ0n) is 9.36. The molecule has 4 nitrogen and oxygen atoms in total. The number of H-pyrrole nitrogens is 1. The number of aromatic amines is 1. The van der Waals surface area contributed by atoms with Gasteiger partial charge in [-0.15, -0.1) is 16.4 Å². The van der Waals surface area contributed by atoms with E-state index in [1.807, 2.05) is 18.4 Å². The van der Waals surface area contributed by atoms with E-state index < -0.39 is 0 Å². The van der Waals surface area contributed by atoms with E-state index in [0.29, 0.717) is 6.54 Å². The number of nitrogens with two attached hydrogens (primary N) is 1. The molecule has 0 bridgehead atoms. The van der Waals surface area contributed by atoms with Crippen LogP contribution in [0.2, 0.25) is 0 Å². The van der Waals surface area contributed by atoms with Crippen molar-refractivity contribution in [2.24, 2.45) is 5.73 Å². The Balaban J connectivity index is 2.01. The standard InChI is InChI=1S/C11H12N4S2/c1-8-13-11(15-14-8)17-7-10-9(3-2-5-12)4-6-16-10/h4,6H,5,7,12H2,1H3,(H,13,14,15). The summed E-state index contributed by atoms with van der Waals surface area (Å²) in [5, 5.41) is 9.72. The normalized spacial score (nSPS) is 10.0. The van der Waals surface area contributed by atoms with Crippen LogP contribution in [-0.2, 0) is 5.75 Å². The van der Waals surface area contributed by atoms with Crippen LogP contribution >= 0.6 is 23.1 Å². The van der Waals surface area contributed by atoms with E-state index in [9.17, 15) is 0 Å². The van der Waals surface area contributed by atoms with E-state index in [-0.39, 0.29) is 0 Å². The first-order valence-corrected chi connectivity index (χ1v) is 6.93. The van der Waals surface area contributed by atoms with E-state index in [1.165, 1.54) is 4.88 Å². The molecule has 0 aliphatic heterocycles. The number of aromatic nitrogens is 3. The second-order valence-electron chi connectivity index (χ2n) is 3.26. The van der Waals surface area contributed by atoms with Gasteiger partial charge in [-0.3, -0.25) is 5.10 Å². The first kappa shape index (κ1) is 12.2. The van der Waals surface area contributed by atoms with Crippen LogP contribution in [0.15, 0.2) is 16.6 Å². The Hall–Kier alpha value is -1.29. The Morgan fingerprint density at radius 3 is 3.18 bits per heavy atom. The SMILES string of the molecule is Cc1nc(SCc2sccc2C#CCN)n[nH]1. The van der Waals surface area contributed by atoms with E-state index in [2.05, 4.69) is 27.0 Å². The fourth-order valence-electron chi connectivity index (χ4n) is 1.23. The number of aryl methyl sites for hydroxylation is 1. The number of thioether (sulfide) groups is 1. The molecule has 2 aromatic rings. The Morgan fingerprint density at radius 2 is 2.47 bits per heavy atom. The molecule has 0 spiro atoms. The van der Waals surface area contributed by atoms with Crippen LogP contribution in [0.5, 0.6) is 0 Å². The van der Waals surface area contributed by atoms with Gasteiger partial charge >= 0.3 is 0 Å². The van der Waals surface area contributed by atoms with Gasteiger partial charge in [-0.2, -0.15) is 0 Å². The first-order valence-electron chi connectivity index (χ1n) is 5.06. The molecule has 0 saturated carbocycles. The maximum Gasteiger partial charge on any atom is 0.208 e. The molecule has 0 unspecified atom stereocenters. The van der Waals surface area contributed by atoms with Crippen molar-refractivity contribution in [1.82, 2.24) is 15.2 Å². The zero-order valence-corrected chi connectivity index (χ0v) is 11.0. The minimum atomic E-state index is 0.391. The molecule has 6 heteroatoms. The summed E-state index contributed by atoms with van der Waals surface area (Å²) in [4.78, 5) is 5.48. The molecule has 2 aromatic heterocycles. The van der Waals surface area contributed by atoms with Gasteiger partial charge in [0, 0.05) is 16.2 Å². The fraction of sp³-hybridized carbons (Fsp3) is 0.273. The third-order valence-electron chi connectivity index (χ3n) is 1.98. The lowest BCUT2D eigenvalue weighted by molar-refractivity contribution is 0.969. The lowest BCUT2D eigenvalue weighted by Crippen LogP contribution is -1.93. The Bertz CT molecular complexity index is 547. The van der Waals surface area contributed by atoms with Crippen LogP contribution in [0.4, 0.5) is 0 Å². The highest BCUT2D eigenvalue weighted by Crippen LogP contribution is 2.25. The summed E-state index contributed by atoms with van der Waals surface area (Å²) in [6.07, 6.45) is 0. The number of hydrogen-bond donors (Lipinski definition) is 2. The number of thiophene rings is 1. The number of rotatable bonds is 3. The zero-order chi connectivity index (χ0) is 12.1. The predicted molar refractivity (Wildman–Crippen MR) is 70.9 cm³/mol. The van der Waals surface area contributed by atoms with Crippen LogP contribution in [0.25, 0.3) is 0 Å². The van der Waals surface area contributed by atoms with Gasteiger partial charge in [0.05, 0.1) is 6.54 Å². The molecule has 0 amide bonds. The van der Waals surface area contributed by atoms with E-state index in [1.54, 1.807) is 23.1 Å². The van der Waals surface area contributed by atoms with Crippen LogP contribution < -0.4 is 5.73 Å².